The Kier molecular flexibility index (Phi) is 9.86. The fraction of sp³-hybridized carbons (Fsp3) is 1.00. The summed E-state index contributed by atoms with van der Waals surface area (Å²) in [6, 6.07) is 0. The molecule has 0 heterocycles. The number of thiol groups is 4. The van der Waals surface area contributed by atoms with Gasteiger partial charge in [0.1, 0.15) is 0 Å². The van der Waals surface area contributed by atoms with Crippen LogP contribution in [-0.4, -0.2) is 21.0 Å². The van der Waals surface area contributed by atoms with Crippen molar-refractivity contribution in [2.24, 2.45) is 0 Å². The van der Waals surface area contributed by atoms with Crippen molar-refractivity contribution < 1.29 is 0 Å². The largest absolute Gasteiger partial charge is 0.176 e. The molecular formula is C14H28S4. The van der Waals surface area contributed by atoms with Gasteiger partial charge in [0, 0.05) is 21.0 Å². The van der Waals surface area contributed by atoms with Gasteiger partial charge in [0.25, 0.3) is 0 Å². The summed E-state index contributed by atoms with van der Waals surface area (Å²) >= 11 is 18.7. The van der Waals surface area contributed by atoms with Gasteiger partial charge in [-0.3, -0.25) is 0 Å². The molecule has 0 spiro atoms. The van der Waals surface area contributed by atoms with Crippen LogP contribution in [0.5, 0.6) is 0 Å². The van der Waals surface area contributed by atoms with Gasteiger partial charge in [0.05, 0.1) is 0 Å². The lowest BCUT2D eigenvalue weighted by atomic mass is 10.00. The molecule has 0 aromatic rings. The number of rotatable bonds is 0. The van der Waals surface area contributed by atoms with Crippen molar-refractivity contribution in [3.05, 3.63) is 0 Å². The summed E-state index contributed by atoms with van der Waals surface area (Å²) in [5, 5.41) is 2.23. The Balaban J connectivity index is 2.36. The fourth-order valence-electron chi connectivity index (χ4n) is 2.53. The van der Waals surface area contributed by atoms with E-state index in [1.54, 1.807) is 0 Å². The minimum Gasteiger partial charge on any atom is -0.176 e. The minimum atomic E-state index is 0.556. The van der Waals surface area contributed by atoms with E-state index in [1.165, 1.54) is 64.2 Å². The molecule has 0 bridgehead atoms. The Labute approximate surface area is 135 Å². The Morgan fingerprint density at radius 2 is 0.611 bits per heavy atom. The highest BCUT2D eigenvalue weighted by Crippen LogP contribution is 2.25. The van der Waals surface area contributed by atoms with Gasteiger partial charge in [-0.25, -0.2) is 0 Å². The lowest BCUT2D eigenvalue weighted by Gasteiger charge is -2.19. The fourth-order valence-corrected chi connectivity index (χ4v) is 3.85. The SMILES string of the molecule is SC1CCCC(S)CCC(S)CCCC(S)CC1. The van der Waals surface area contributed by atoms with Gasteiger partial charge in [-0.05, 0) is 51.4 Å². The lowest BCUT2D eigenvalue weighted by molar-refractivity contribution is 0.528. The first kappa shape index (κ1) is 17.5. The summed E-state index contributed by atoms with van der Waals surface area (Å²) in [5.74, 6) is 0. The highest BCUT2D eigenvalue weighted by atomic mass is 32.1. The van der Waals surface area contributed by atoms with Crippen LogP contribution in [0.4, 0.5) is 0 Å². The third kappa shape index (κ3) is 8.55. The van der Waals surface area contributed by atoms with E-state index in [2.05, 4.69) is 50.5 Å². The van der Waals surface area contributed by atoms with Gasteiger partial charge >= 0.3 is 0 Å². The van der Waals surface area contributed by atoms with E-state index in [1.807, 2.05) is 0 Å². The molecule has 0 aliphatic heterocycles. The van der Waals surface area contributed by atoms with Crippen LogP contribution >= 0.6 is 50.5 Å². The molecule has 4 atom stereocenters. The second-order valence-electron chi connectivity index (χ2n) is 5.63. The summed E-state index contributed by atoms with van der Waals surface area (Å²) in [6.07, 6.45) is 12.3. The summed E-state index contributed by atoms with van der Waals surface area (Å²) in [6.45, 7) is 0. The molecule has 0 saturated heterocycles. The molecule has 1 saturated carbocycles. The maximum absolute atomic E-state index is 4.68. The lowest BCUT2D eigenvalue weighted by Crippen LogP contribution is -2.10. The Bertz CT molecular complexity index is 168. The van der Waals surface area contributed by atoms with E-state index in [4.69, 9.17) is 0 Å². The maximum atomic E-state index is 4.68. The van der Waals surface area contributed by atoms with Crippen molar-refractivity contribution in [3.8, 4) is 0 Å². The standard InChI is InChI=1S/C14H28S4/c15-11-3-1-4-12(16)8-10-14(18)6-2-5-13(17)9-7-11/h11-18H,1-10H2. The van der Waals surface area contributed by atoms with Crippen LogP contribution in [0.3, 0.4) is 0 Å². The molecule has 0 N–H and O–H groups in total. The van der Waals surface area contributed by atoms with E-state index in [9.17, 15) is 0 Å². The molecule has 0 aromatic heterocycles. The predicted octanol–water partition coefficient (Wildman–Crippen LogP) is 5.09. The third-order valence-electron chi connectivity index (χ3n) is 3.82. The zero-order chi connectivity index (χ0) is 13.4. The van der Waals surface area contributed by atoms with Gasteiger partial charge in [0.2, 0.25) is 0 Å². The molecule has 0 nitrogen and oxygen atoms in total. The highest BCUT2D eigenvalue weighted by Gasteiger charge is 2.13. The molecule has 1 aliphatic carbocycles. The van der Waals surface area contributed by atoms with E-state index in [0.717, 1.165) is 0 Å². The topological polar surface area (TPSA) is 0 Å². The van der Waals surface area contributed by atoms with E-state index < -0.39 is 0 Å². The molecule has 18 heavy (non-hydrogen) atoms. The van der Waals surface area contributed by atoms with Crippen molar-refractivity contribution in [3.63, 3.8) is 0 Å². The average Bonchev–Trinajstić information content (AvgIpc) is 2.33. The Hall–Kier alpha value is 1.40. The van der Waals surface area contributed by atoms with Crippen molar-refractivity contribution in [1.82, 2.24) is 0 Å². The molecule has 0 radical (unpaired) electrons. The first-order chi connectivity index (χ1) is 8.58. The first-order valence-corrected chi connectivity index (χ1v) is 9.36. The van der Waals surface area contributed by atoms with Crippen molar-refractivity contribution in [2.45, 2.75) is 85.2 Å². The van der Waals surface area contributed by atoms with Crippen LogP contribution in [0.1, 0.15) is 64.2 Å². The van der Waals surface area contributed by atoms with Crippen LogP contribution in [0.25, 0.3) is 0 Å². The van der Waals surface area contributed by atoms with Crippen LogP contribution < -0.4 is 0 Å². The highest BCUT2D eigenvalue weighted by molar-refractivity contribution is 7.81. The van der Waals surface area contributed by atoms with E-state index in [-0.39, 0.29) is 0 Å². The zero-order valence-electron chi connectivity index (χ0n) is 11.2. The molecule has 1 aliphatic rings. The smallest absolute Gasteiger partial charge is 0.00172 e. The van der Waals surface area contributed by atoms with Gasteiger partial charge in [0.15, 0.2) is 0 Å². The van der Waals surface area contributed by atoms with Crippen LogP contribution in [0.2, 0.25) is 0 Å². The van der Waals surface area contributed by atoms with E-state index >= 15 is 0 Å². The molecule has 1 fully saturated rings. The van der Waals surface area contributed by atoms with E-state index in [0.29, 0.717) is 21.0 Å². The van der Waals surface area contributed by atoms with Crippen LogP contribution in [-0.2, 0) is 0 Å². The zero-order valence-corrected chi connectivity index (χ0v) is 14.7. The summed E-state index contributed by atoms with van der Waals surface area (Å²) in [7, 11) is 0. The average molecular weight is 325 g/mol. The molecule has 0 amide bonds. The molecule has 108 valence electrons. The van der Waals surface area contributed by atoms with Crippen LogP contribution in [0, 0.1) is 0 Å². The van der Waals surface area contributed by atoms with Crippen molar-refractivity contribution in [1.29, 1.82) is 0 Å². The second-order valence-corrected chi connectivity index (χ2v) is 8.55. The van der Waals surface area contributed by atoms with Gasteiger partial charge in [-0.15, -0.1) is 0 Å². The Morgan fingerprint density at radius 3 is 0.833 bits per heavy atom. The molecule has 1 rings (SSSR count). The molecule has 4 heteroatoms. The third-order valence-corrected chi connectivity index (χ3v) is 5.88. The summed E-state index contributed by atoms with van der Waals surface area (Å²) in [5.41, 5.74) is 0. The second kappa shape index (κ2) is 10.2. The van der Waals surface area contributed by atoms with Gasteiger partial charge in [-0.1, -0.05) is 12.8 Å². The molecule has 0 aromatic carbocycles. The summed E-state index contributed by atoms with van der Waals surface area (Å²) < 4.78 is 0. The Morgan fingerprint density at radius 1 is 0.389 bits per heavy atom. The quantitative estimate of drug-likeness (QED) is 0.438. The normalized spacial score (nSPS) is 38.0. The number of hydrogen-bond donors (Lipinski definition) is 4. The number of hydrogen-bond acceptors (Lipinski definition) is 4. The minimum absolute atomic E-state index is 0.556. The monoisotopic (exact) mass is 324 g/mol. The predicted molar refractivity (Wildman–Crippen MR) is 97.3 cm³/mol. The molecule has 4 unspecified atom stereocenters. The van der Waals surface area contributed by atoms with Crippen LogP contribution in [0.15, 0.2) is 0 Å². The van der Waals surface area contributed by atoms with Gasteiger partial charge < -0.3 is 0 Å². The van der Waals surface area contributed by atoms with Crippen molar-refractivity contribution >= 4 is 50.5 Å². The molecular weight excluding hydrogens is 296 g/mol. The first-order valence-electron chi connectivity index (χ1n) is 7.30. The summed E-state index contributed by atoms with van der Waals surface area (Å²) in [4.78, 5) is 0. The van der Waals surface area contributed by atoms with Gasteiger partial charge in [-0.2, -0.15) is 50.5 Å². The van der Waals surface area contributed by atoms with Crippen molar-refractivity contribution in [2.75, 3.05) is 0 Å². The maximum Gasteiger partial charge on any atom is 0.00172 e.